The van der Waals surface area contributed by atoms with Crippen LogP contribution in [0.3, 0.4) is 0 Å². The summed E-state index contributed by atoms with van der Waals surface area (Å²) in [5.41, 5.74) is 0. The third-order valence-electron chi connectivity index (χ3n) is 1.10. The molecule has 3 heteroatoms. The molecule has 0 aliphatic carbocycles. The average molecular weight is 166 g/mol. The Morgan fingerprint density at radius 1 is 1.50 bits per heavy atom. The standard InChI is InChI=1S/C7H16ClNO/c1-6(2)9-4-7(8)5-10-3/h6-7,9H,4-5H2,1-3H3. The Morgan fingerprint density at radius 3 is 2.50 bits per heavy atom. The Hall–Kier alpha value is 0.210. The predicted octanol–water partition coefficient (Wildman–Crippen LogP) is 1.24. The van der Waals surface area contributed by atoms with Gasteiger partial charge in [0.15, 0.2) is 0 Å². The first-order valence-corrected chi connectivity index (χ1v) is 3.97. The van der Waals surface area contributed by atoms with Crippen LogP contribution in [0.5, 0.6) is 0 Å². The normalized spacial score (nSPS) is 14.1. The predicted molar refractivity (Wildman–Crippen MR) is 44.7 cm³/mol. The van der Waals surface area contributed by atoms with Gasteiger partial charge in [-0.15, -0.1) is 11.6 Å². The van der Waals surface area contributed by atoms with E-state index in [1.165, 1.54) is 0 Å². The van der Waals surface area contributed by atoms with Gasteiger partial charge in [0.25, 0.3) is 0 Å². The quantitative estimate of drug-likeness (QED) is 0.619. The highest BCUT2D eigenvalue weighted by molar-refractivity contribution is 6.20. The number of alkyl halides is 1. The Balaban J connectivity index is 3.12. The maximum Gasteiger partial charge on any atom is 0.0694 e. The molecule has 0 fully saturated rings. The molecule has 0 saturated carbocycles. The first-order chi connectivity index (χ1) is 4.66. The lowest BCUT2D eigenvalue weighted by atomic mass is 10.3. The van der Waals surface area contributed by atoms with Crippen molar-refractivity contribution in [2.45, 2.75) is 25.3 Å². The lowest BCUT2D eigenvalue weighted by Crippen LogP contribution is -2.31. The highest BCUT2D eigenvalue weighted by atomic mass is 35.5. The molecule has 0 aromatic rings. The van der Waals surface area contributed by atoms with Crippen molar-refractivity contribution in [1.29, 1.82) is 0 Å². The number of ether oxygens (including phenoxy) is 1. The van der Waals surface area contributed by atoms with Crippen LogP contribution in [0.2, 0.25) is 0 Å². The Labute approximate surface area is 67.9 Å². The van der Waals surface area contributed by atoms with E-state index in [0.717, 1.165) is 6.54 Å². The molecule has 0 radical (unpaired) electrons. The summed E-state index contributed by atoms with van der Waals surface area (Å²) in [5, 5.41) is 3.31. The van der Waals surface area contributed by atoms with Crippen LogP contribution in [0, 0.1) is 0 Å². The van der Waals surface area contributed by atoms with Gasteiger partial charge in [0.1, 0.15) is 0 Å². The molecular formula is C7H16ClNO. The van der Waals surface area contributed by atoms with Gasteiger partial charge < -0.3 is 10.1 Å². The number of nitrogens with one attached hydrogen (secondary N) is 1. The van der Waals surface area contributed by atoms with E-state index in [1.54, 1.807) is 7.11 Å². The van der Waals surface area contributed by atoms with Gasteiger partial charge in [-0.25, -0.2) is 0 Å². The van der Waals surface area contributed by atoms with Gasteiger partial charge in [-0.1, -0.05) is 13.8 Å². The van der Waals surface area contributed by atoms with E-state index in [1.807, 2.05) is 0 Å². The van der Waals surface area contributed by atoms with E-state index >= 15 is 0 Å². The lowest BCUT2D eigenvalue weighted by molar-refractivity contribution is 0.196. The van der Waals surface area contributed by atoms with Crippen molar-refractivity contribution in [3.05, 3.63) is 0 Å². The largest absolute Gasteiger partial charge is 0.383 e. The van der Waals surface area contributed by atoms with E-state index in [4.69, 9.17) is 16.3 Å². The maximum absolute atomic E-state index is 5.84. The van der Waals surface area contributed by atoms with Gasteiger partial charge in [0.2, 0.25) is 0 Å². The Bertz CT molecular complexity index is 78.0. The molecule has 0 aliphatic heterocycles. The zero-order valence-electron chi connectivity index (χ0n) is 6.86. The summed E-state index contributed by atoms with van der Waals surface area (Å²) >= 11 is 5.84. The molecule has 0 rings (SSSR count). The highest BCUT2D eigenvalue weighted by Crippen LogP contribution is 1.94. The van der Waals surface area contributed by atoms with E-state index < -0.39 is 0 Å². The topological polar surface area (TPSA) is 21.3 Å². The summed E-state index contributed by atoms with van der Waals surface area (Å²) in [4.78, 5) is 0. The fraction of sp³-hybridized carbons (Fsp3) is 1.00. The Morgan fingerprint density at radius 2 is 2.10 bits per heavy atom. The summed E-state index contributed by atoms with van der Waals surface area (Å²) in [6, 6.07) is 0.498. The van der Waals surface area contributed by atoms with Crippen molar-refractivity contribution in [3.63, 3.8) is 0 Å². The van der Waals surface area contributed by atoms with Gasteiger partial charge in [0.05, 0.1) is 12.0 Å². The third kappa shape index (κ3) is 6.33. The number of halogens is 1. The zero-order valence-corrected chi connectivity index (χ0v) is 7.61. The van der Waals surface area contributed by atoms with E-state index in [9.17, 15) is 0 Å². The summed E-state index contributed by atoms with van der Waals surface area (Å²) in [7, 11) is 1.66. The molecule has 0 heterocycles. The molecule has 0 saturated heterocycles. The number of hydrogen-bond acceptors (Lipinski definition) is 2. The summed E-state index contributed by atoms with van der Waals surface area (Å²) in [6.07, 6.45) is 0. The average Bonchev–Trinajstić information content (AvgIpc) is 1.85. The van der Waals surface area contributed by atoms with Gasteiger partial charge in [-0.05, 0) is 0 Å². The Kier molecular flexibility index (Phi) is 6.08. The lowest BCUT2D eigenvalue weighted by Gasteiger charge is -2.11. The first-order valence-electron chi connectivity index (χ1n) is 3.53. The van der Waals surface area contributed by atoms with Crippen molar-refractivity contribution in [2.75, 3.05) is 20.3 Å². The molecule has 0 amide bonds. The number of rotatable bonds is 5. The highest BCUT2D eigenvalue weighted by Gasteiger charge is 2.02. The van der Waals surface area contributed by atoms with Crippen molar-refractivity contribution in [1.82, 2.24) is 5.32 Å². The molecule has 1 atom stereocenters. The van der Waals surface area contributed by atoms with E-state index in [2.05, 4.69) is 19.2 Å². The van der Waals surface area contributed by atoms with Crippen LogP contribution in [0.15, 0.2) is 0 Å². The smallest absolute Gasteiger partial charge is 0.0694 e. The molecule has 0 spiro atoms. The third-order valence-corrected chi connectivity index (χ3v) is 1.38. The molecule has 10 heavy (non-hydrogen) atoms. The number of methoxy groups -OCH3 is 1. The van der Waals surface area contributed by atoms with Crippen LogP contribution in [-0.2, 0) is 4.74 Å². The monoisotopic (exact) mass is 165 g/mol. The molecule has 0 aromatic heterocycles. The summed E-state index contributed by atoms with van der Waals surface area (Å²) in [6.45, 7) is 5.61. The fourth-order valence-corrected chi connectivity index (χ4v) is 0.818. The molecule has 2 nitrogen and oxygen atoms in total. The first kappa shape index (κ1) is 10.2. The second-order valence-corrected chi connectivity index (χ2v) is 3.23. The fourth-order valence-electron chi connectivity index (χ4n) is 0.603. The SMILES string of the molecule is COCC(Cl)CNC(C)C. The second kappa shape index (κ2) is 5.96. The molecule has 1 N–H and O–H groups in total. The molecule has 0 aliphatic rings. The van der Waals surface area contributed by atoms with Crippen LogP contribution < -0.4 is 5.32 Å². The molecule has 0 bridgehead atoms. The van der Waals surface area contributed by atoms with Gasteiger partial charge in [0, 0.05) is 19.7 Å². The van der Waals surface area contributed by atoms with Crippen LogP contribution in [0.1, 0.15) is 13.8 Å². The van der Waals surface area contributed by atoms with Crippen molar-refractivity contribution >= 4 is 11.6 Å². The van der Waals surface area contributed by atoms with E-state index in [-0.39, 0.29) is 5.38 Å². The summed E-state index contributed by atoms with van der Waals surface area (Å²) < 4.78 is 4.86. The van der Waals surface area contributed by atoms with Gasteiger partial charge >= 0.3 is 0 Å². The molecule has 1 unspecified atom stereocenters. The van der Waals surface area contributed by atoms with Crippen LogP contribution in [0.25, 0.3) is 0 Å². The van der Waals surface area contributed by atoms with E-state index in [0.29, 0.717) is 12.6 Å². The minimum absolute atomic E-state index is 0.0902. The molecular weight excluding hydrogens is 150 g/mol. The van der Waals surface area contributed by atoms with Crippen LogP contribution in [-0.4, -0.2) is 31.7 Å². The van der Waals surface area contributed by atoms with Gasteiger partial charge in [-0.2, -0.15) is 0 Å². The van der Waals surface area contributed by atoms with Crippen molar-refractivity contribution in [2.24, 2.45) is 0 Å². The minimum Gasteiger partial charge on any atom is -0.383 e. The van der Waals surface area contributed by atoms with Crippen molar-refractivity contribution in [3.8, 4) is 0 Å². The summed E-state index contributed by atoms with van der Waals surface area (Å²) in [5.74, 6) is 0. The van der Waals surface area contributed by atoms with Crippen LogP contribution >= 0.6 is 11.6 Å². The molecule has 0 aromatic carbocycles. The van der Waals surface area contributed by atoms with Crippen molar-refractivity contribution < 1.29 is 4.74 Å². The van der Waals surface area contributed by atoms with Crippen LogP contribution in [0.4, 0.5) is 0 Å². The second-order valence-electron chi connectivity index (χ2n) is 2.62. The zero-order chi connectivity index (χ0) is 7.98. The minimum atomic E-state index is 0.0902. The molecule has 62 valence electrons. The van der Waals surface area contributed by atoms with Gasteiger partial charge in [-0.3, -0.25) is 0 Å². The number of hydrogen-bond donors (Lipinski definition) is 1. The maximum atomic E-state index is 5.84.